The summed E-state index contributed by atoms with van der Waals surface area (Å²) in [6.07, 6.45) is 2.69. The molecule has 15 heavy (non-hydrogen) atoms. The molecular weight excluding hydrogens is 208 g/mol. The van der Waals surface area contributed by atoms with E-state index in [1.54, 1.807) is 18.4 Å². The fourth-order valence-corrected chi connectivity index (χ4v) is 2.10. The first kappa shape index (κ1) is 12.0. The van der Waals surface area contributed by atoms with Crippen LogP contribution in [0.2, 0.25) is 0 Å². The lowest BCUT2D eigenvalue weighted by molar-refractivity contribution is 0.410. The van der Waals surface area contributed by atoms with E-state index in [9.17, 15) is 0 Å². The SMILES string of the molecule is COc1ccsc1CNCCCCC#N. The number of hydrogen-bond acceptors (Lipinski definition) is 4. The Hall–Kier alpha value is -1.05. The van der Waals surface area contributed by atoms with Gasteiger partial charge in [0.25, 0.3) is 0 Å². The summed E-state index contributed by atoms with van der Waals surface area (Å²) in [6, 6.07) is 4.13. The Bertz CT molecular complexity index is 317. The maximum Gasteiger partial charge on any atom is 0.134 e. The van der Waals surface area contributed by atoms with Gasteiger partial charge >= 0.3 is 0 Å². The molecule has 0 aromatic carbocycles. The summed E-state index contributed by atoms with van der Waals surface area (Å²) in [5, 5.41) is 13.7. The molecule has 0 unspecified atom stereocenters. The topological polar surface area (TPSA) is 45.0 Å². The molecule has 0 saturated carbocycles. The largest absolute Gasteiger partial charge is 0.496 e. The molecule has 1 aromatic heterocycles. The number of hydrogen-bond donors (Lipinski definition) is 1. The minimum absolute atomic E-state index is 0.657. The molecule has 0 atom stereocenters. The molecule has 0 radical (unpaired) electrons. The summed E-state index contributed by atoms with van der Waals surface area (Å²) in [4.78, 5) is 1.23. The molecule has 0 amide bonds. The van der Waals surface area contributed by atoms with Crippen LogP contribution in [0.15, 0.2) is 11.4 Å². The fraction of sp³-hybridized carbons (Fsp3) is 0.545. The van der Waals surface area contributed by atoms with Gasteiger partial charge in [0.05, 0.1) is 18.1 Å². The third kappa shape index (κ3) is 4.32. The molecule has 0 fully saturated rings. The molecule has 1 aromatic rings. The number of methoxy groups -OCH3 is 1. The van der Waals surface area contributed by atoms with Crippen LogP contribution < -0.4 is 10.1 Å². The van der Waals surface area contributed by atoms with Crippen LogP contribution in [0.5, 0.6) is 5.75 Å². The first-order chi connectivity index (χ1) is 7.38. The van der Waals surface area contributed by atoms with E-state index in [0.29, 0.717) is 6.42 Å². The summed E-state index contributed by atoms with van der Waals surface area (Å²) >= 11 is 1.70. The highest BCUT2D eigenvalue weighted by Gasteiger charge is 2.02. The van der Waals surface area contributed by atoms with Crippen molar-refractivity contribution in [2.45, 2.75) is 25.8 Å². The maximum atomic E-state index is 8.36. The quantitative estimate of drug-likeness (QED) is 0.724. The average molecular weight is 224 g/mol. The fourth-order valence-electron chi connectivity index (χ4n) is 1.30. The van der Waals surface area contributed by atoms with Crippen molar-refractivity contribution in [2.75, 3.05) is 13.7 Å². The number of ether oxygens (including phenoxy) is 1. The van der Waals surface area contributed by atoms with Gasteiger partial charge in [-0.05, 0) is 30.8 Å². The van der Waals surface area contributed by atoms with E-state index in [-0.39, 0.29) is 0 Å². The number of thiophene rings is 1. The minimum Gasteiger partial charge on any atom is -0.496 e. The van der Waals surface area contributed by atoms with Gasteiger partial charge in [-0.2, -0.15) is 5.26 Å². The first-order valence-corrected chi connectivity index (χ1v) is 5.94. The van der Waals surface area contributed by atoms with Crippen molar-refractivity contribution in [2.24, 2.45) is 0 Å². The van der Waals surface area contributed by atoms with Gasteiger partial charge < -0.3 is 10.1 Å². The summed E-state index contributed by atoms with van der Waals surface area (Å²) in [5.41, 5.74) is 0. The summed E-state index contributed by atoms with van der Waals surface area (Å²) in [7, 11) is 1.69. The van der Waals surface area contributed by atoms with Crippen LogP contribution in [0.25, 0.3) is 0 Å². The van der Waals surface area contributed by atoms with Crippen molar-refractivity contribution in [1.82, 2.24) is 5.32 Å². The predicted molar refractivity (Wildman–Crippen MR) is 62.0 cm³/mol. The number of rotatable bonds is 7. The third-order valence-electron chi connectivity index (χ3n) is 2.10. The molecule has 3 nitrogen and oxygen atoms in total. The molecule has 0 aliphatic heterocycles. The lowest BCUT2D eigenvalue weighted by atomic mass is 10.2. The molecule has 0 saturated heterocycles. The molecule has 1 N–H and O–H groups in total. The molecule has 4 heteroatoms. The molecule has 1 heterocycles. The molecule has 0 spiro atoms. The van der Waals surface area contributed by atoms with Crippen LogP contribution in [-0.2, 0) is 6.54 Å². The Kier molecular flexibility index (Phi) is 5.83. The van der Waals surface area contributed by atoms with Crippen LogP contribution in [0, 0.1) is 11.3 Å². The summed E-state index contributed by atoms with van der Waals surface area (Å²) < 4.78 is 5.21. The van der Waals surface area contributed by atoms with Crippen molar-refractivity contribution in [1.29, 1.82) is 5.26 Å². The van der Waals surface area contributed by atoms with E-state index in [1.807, 2.05) is 11.4 Å². The molecular formula is C11H16N2OS. The van der Waals surface area contributed by atoms with E-state index in [0.717, 1.165) is 31.7 Å². The summed E-state index contributed by atoms with van der Waals surface area (Å²) in [5.74, 6) is 0.963. The van der Waals surface area contributed by atoms with Crippen LogP contribution in [0.3, 0.4) is 0 Å². The minimum atomic E-state index is 0.657. The van der Waals surface area contributed by atoms with Crippen molar-refractivity contribution < 1.29 is 4.74 Å². The molecule has 0 aliphatic rings. The van der Waals surface area contributed by atoms with Gasteiger partial charge in [-0.1, -0.05) is 0 Å². The lowest BCUT2D eigenvalue weighted by Gasteiger charge is -2.04. The van der Waals surface area contributed by atoms with Gasteiger partial charge in [0.2, 0.25) is 0 Å². The van der Waals surface area contributed by atoms with Crippen LogP contribution >= 0.6 is 11.3 Å². The third-order valence-corrected chi connectivity index (χ3v) is 3.00. The van der Waals surface area contributed by atoms with Crippen molar-refractivity contribution in [3.8, 4) is 11.8 Å². The number of nitriles is 1. The van der Waals surface area contributed by atoms with Crippen molar-refractivity contribution in [3.63, 3.8) is 0 Å². The zero-order valence-corrected chi connectivity index (χ0v) is 9.77. The molecule has 0 aliphatic carbocycles. The van der Waals surface area contributed by atoms with Gasteiger partial charge in [-0.3, -0.25) is 0 Å². The van der Waals surface area contributed by atoms with Gasteiger partial charge in [-0.15, -0.1) is 11.3 Å². The monoisotopic (exact) mass is 224 g/mol. The Morgan fingerprint density at radius 1 is 1.53 bits per heavy atom. The van der Waals surface area contributed by atoms with Crippen LogP contribution in [-0.4, -0.2) is 13.7 Å². The number of nitrogens with zero attached hydrogens (tertiary/aromatic N) is 1. The summed E-state index contributed by atoms with van der Waals surface area (Å²) in [6.45, 7) is 1.82. The highest BCUT2D eigenvalue weighted by Crippen LogP contribution is 2.23. The van der Waals surface area contributed by atoms with E-state index in [4.69, 9.17) is 10.00 Å². The first-order valence-electron chi connectivity index (χ1n) is 5.06. The highest BCUT2D eigenvalue weighted by molar-refractivity contribution is 7.10. The van der Waals surface area contributed by atoms with E-state index >= 15 is 0 Å². The smallest absolute Gasteiger partial charge is 0.134 e. The lowest BCUT2D eigenvalue weighted by Crippen LogP contribution is -2.14. The maximum absolute atomic E-state index is 8.36. The van der Waals surface area contributed by atoms with Gasteiger partial charge in [0, 0.05) is 13.0 Å². The Labute approximate surface area is 94.7 Å². The van der Waals surface area contributed by atoms with Crippen LogP contribution in [0.4, 0.5) is 0 Å². The van der Waals surface area contributed by atoms with Crippen molar-refractivity contribution >= 4 is 11.3 Å². The van der Waals surface area contributed by atoms with E-state index in [2.05, 4.69) is 11.4 Å². The number of nitrogens with one attached hydrogen (secondary N) is 1. The Morgan fingerprint density at radius 3 is 3.13 bits per heavy atom. The normalized spacial score (nSPS) is 9.87. The van der Waals surface area contributed by atoms with E-state index in [1.165, 1.54) is 4.88 Å². The Morgan fingerprint density at radius 2 is 2.40 bits per heavy atom. The Balaban J connectivity index is 2.12. The second-order valence-electron chi connectivity index (χ2n) is 3.20. The van der Waals surface area contributed by atoms with E-state index < -0.39 is 0 Å². The standard InChI is InChI=1S/C11H16N2OS/c1-14-10-5-8-15-11(10)9-13-7-4-2-3-6-12/h5,8,13H,2-4,7,9H2,1H3. The van der Waals surface area contributed by atoms with Gasteiger partial charge in [0.1, 0.15) is 5.75 Å². The molecule has 0 bridgehead atoms. The molecule has 82 valence electrons. The van der Waals surface area contributed by atoms with Crippen LogP contribution in [0.1, 0.15) is 24.1 Å². The second kappa shape index (κ2) is 7.27. The second-order valence-corrected chi connectivity index (χ2v) is 4.20. The van der Waals surface area contributed by atoms with Crippen molar-refractivity contribution in [3.05, 3.63) is 16.3 Å². The zero-order valence-electron chi connectivity index (χ0n) is 8.95. The van der Waals surface area contributed by atoms with Gasteiger partial charge in [-0.25, -0.2) is 0 Å². The highest BCUT2D eigenvalue weighted by atomic mass is 32.1. The predicted octanol–water partition coefficient (Wildman–Crippen LogP) is 2.54. The average Bonchev–Trinajstić information content (AvgIpc) is 2.70. The molecule has 1 rings (SSSR count). The van der Waals surface area contributed by atoms with Gasteiger partial charge in [0.15, 0.2) is 0 Å². The number of unbranched alkanes of at least 4 members (excludes halogenated alkanes) is 2. The zero-order chi connectivity index (χ0) is 10.9.